The maximum Gasteiger partial charge on any atom is 0.419 e. The number of carbonyl (C=O) groups excluding carboxylic acids is 1. The molecule has 0 atom stereocenters. The number of ether oxygens (including phenoxy) is 1. The minimum Gasteiger partial charge on any atom is -0.493 e. The molecular weight excluding hydrogens is 333 g/mol. The molecule has 2 rings (SSSR count). The van der Waals surface area contributed by atoms with Gasteiger partial charge in [0.25, 0.3) is 0 Å². The van der Waals surface area contributed by atoms with Crippen LogP contribution in [0.5, 0.6) is 5.75 Å². The van der Waals surface area contributed by atoms with E-state index in [1.807, 2.05) is 0 Å². The summed E-state index contributed by atoms with van der Waals surface area (Å²) in [5.41, 5.74) is -1.63. The van der Waals surface area contributed by atoms with Crippen molar-refractivity contribution >= 4 is 11.6 Å². The lowest BCUT2D eigenvalue weighted by molar-refractivity contribution is -0.140. The number of halogens is 5. The van der Waals surface area contributed by atoms with E-state index in [0.717, 1.165) is 6.07 Å². The van der Waals surface area contributed by atoms with Gasteiger partial charge in [0, 0.05) is 5.69 Å². The Bertz CT molecular complexity index is 713. The molecular formula is C16H12F5NO2. The second kappa shape index (κ2) is 7.29. The SMILES string of the molecule is O=C(CCOc1ccc(F)cc1)Nc1ccc(F)c(C(F)(F)F)c1. The van der Waals surface area contributed by atoms with Gasteiger partial charge < -0.3 is 10.1 Å². The Morgan fingerprint density at radius 1 is 1.04 bits per heavy atom. The van der Waals surface area contributed by atoms with Crippen LogP contribution in [0.2, 0.25) is 0 Å². The van der Waals surface area contributed by atoms with Gasteiger partial charge in [0.15, 0.2) is 0 Å². The van der Waals surface area contributed by atoms with E-state index in [-0.39, 0.29) is 18.7 Å². The molecule has 0 aliphatic rings. The summed E-state index contributed by atoms with van der Waals surface area (Å²) < 4.78 is 68.8. The van der Waals surface area contributed by atoms with Gasteiger partial charge in [-0.05, 0) is 42.5 Å². The molecule has 0 bridgehead atoms. The molecule has 0 aliphatic carbocycles. The van der Waals surface area contributed by atoms with Crippen LogP contribution in [-0.2, 0) is 11.0 Å². The number of hydrogen-bond donors (Lipinski definition) is 1. The first-order valence-electron chi connectivity index (χ1n) is 6.80. The van der Waals surface area contributed by atoms with Gasteiger partial charge in [0.05, 0.1) is 18.6 Å². The number of alkyl halides is 3. The molecule has 8 heteroatoms. The highest BCUT2D eigenvalue weighted by Gasteiger charge is 2.34. The van der Waals surface area contributed by atoms with Crippen LogP contribution in [0.15, 0.2) is 42.5 Å². The Hall–Kier alpha value is -2.64. The molecule has 1 amide bonds. The second-order valence-electron chi connectivity index (χ2n) is 4.79. The summed E-state index contributed by atoms with van der Waals surface area (Å²) in [6.07, 6.45) is -4.99. The zero-order valence-corrected chi connectivity index (χ0v) is 12.2. The van der Waals surface area contributed by atoms with Crippen molar-refractivity contribution in [3.05, 3.63) is 59.7 Å². The third-order valence-electron chi connectivity index (χ3n) is 2.97. The number of carbonyl (C=O) groups is 1. The molecule has 3 nitrogen and oxygen atoms in total. The summed E-state index contributed by atoms with van der Waals surface area (Å²) in [5, 5.41) is 2.23. The molecule has 0 aliphatic heterocycles. The molecule has 0 saturated heterocycles. The van der Waals surface area contributed by atoms with Crippen LogP contribution in [0.4, 0.5) is 27.6 Å². The third kappa shape index (κ3) is 4.94. The van der Waals surface area contributed by atoms with Gasteiger partial charge in [0.2, 0.25) is 5.91 Å². The summed E-state index contributed by atoms with van der Waals surface area (Å²) >= 11 is 0. The molecule has 1 N–H and O–H groups in total. The fraction of sp³-hybridized carbons (Fsp3) is 0.188. The van der Waals surface area contributed by atoms with E-state index in [0.29, 0.717) is 17.9 Å². The van der Waals surface area contributed by atoms with Gasteiger partial charge in [-0.1, -0.05) is 0 Å². The second-order valence-corrected chi connectivity index (χ2v) is 4.79. The highest BCUT2D eigenvalue weighted by atomic mass is 19.4. The maximum atomic E-state index is 13.1. The molecule has 0 aromatic heterocycles. The molecule has 128 valence electrons. The quantitative estimate of drug-likeness (QED) is 0.816. The smallest absolute Gasteiger partial charge is 0.419 e. The fourth-order valence-corrected chi connectivity index (χ4v) is 1.84. The Morgan fingerprint density at radius 3 is 2.33 bits per heavy atom. The van der Waals surface area contributed by atoms with Crippen molar-refractivity contribution in [3.8, 4) is 5.75 Å². The number of nitrogens with one attached hydrogen (secondary N) is 1. The Labute approximate surface area is 134 Å². The summed E-state index contributed by atoms with van der Waals surface area (Å²) in [7, 11) is 0. The molecule has 24 heavy (non-hydrogen) atoms. The van der Waals surface area contributed by atoms with E-state index in [4.69, 9.17) is 4.74 Å². The van der Waals surface area contributed by atoms with Crippen molar-refractivity contribution in [1.82, 2.24) is 0 Å². The average molecular weight is 345 g/mol. The first kappa shape index (κ1) is 17.7. The molecule has 0 unspecified atom stereocenters. The molecule has 2 aromatic rings. The van der Waals surface area contributed by atoms with Crippen molar-refractivity contribution in [2.75, 3.05) is 11.9 Å². The first-order chi connectivity index (χ1) is 11.3. The maximum absolute atomic E-state index is 13.1. The van der Waals surface area contributed by atoms with E-state index >= 15 is 0 Å². The van der Waals surface area contributed by atoms with Crippen molar-refractivity contribution in [1.29, 1.82) is 0 Å². The average Bonchev–Trinajstić information content (AvgIpc) is 2.50. The van der Waals surface area contributed by atoms with E-state index in [9.17, 15) is 26.7 Å². The van der Waals surface area contributed by atoms with Gasteiger partial charge >= 0.3 is 6.18 Å². The lowest BCUT2D eigenvalue weighted by Crippen LogP contribution is -2.16. The standard InChI is InChI=1S/C16H12F5NO2/c17-10-1-4-12(5-2-10)24-8-7-15(23)22-11-3-6-14(18)13(9-11)16(19,20)21/h1-6,9H,7-8H2,(H,22,23). The van der Waals surface area contributed by atoms with Crippen molar-refractivity contribution < 1.29 is 31.5 Å². The van der Waals surface area contributed by atoms with Crippen LogP contribution in [0.1, 0.15) is 12.0 Å². The number of hydrogen-bond acceptors (Lipinski definition) is 2. The number of benzene rings is 2. The number of amides is 1. The van der Waals surface area contributed by atoms with Gasteiger partial charge in [-0.3, -0.25) is 4.79 Å². The van der Waals surface area contributed by atoms with Gasteiger partial charge in [-0.2, -0.15) is 13.2 Å². The monoisotopic (exact) mass is 345 g/mol. The minimum absolute atomic E-state index is 0.0508. The van der Waals surface area contributed by atoms with Crippen molar-refractivity contribution in [2.45, 2.75) is 12.6 Å². The highest BCUT2D eigenvalue weighted by Crippen LogP contribution is 2.33. The van der Waals surface area contributed by atoms with Crippen molar-refractivity contribution in [2.24, 2.45) is 0 Å². The van der Waals surface area contributed by atoms with E-state index in [1.54, 1.807) is 0 Å². The summed E-state index contributed by atoms with van der Waals surface area (Å²) in [4.78, 5) is 11.7. The van der Waals surface area contributed by atoms with Gasteiger partial charge in [0.1, 0.15) is 17.4 Å². The van der Waals surface area contributed by atoms with E-state index in [1.165, 1.54) is 24.3 Å². The molecule has 0 heterocycles. The number of anilines is 1. The highest BCUT2D eigenvalue weighted by molar-refractivity contribution is 5.90. The van der Waals surface area contributed by atoms with Crippen LogP contribution in [0.25, 0.3) is 0 Å². The number of rotatable bonds is 5. The summed E-state index contributed by atoms with van der Waals surface area (Å²) in [6.45, 7) is -0.0508. The van der Waals surface area contributed by atoms with Gasteiger partial charge in [-0.25, -0.2) is 8.78 Å². The van der Waals surface area contributed by atoms with Crippen LogP contribution < -0.4 is 10.1 Å². The largest absolute Gasteiger partial charge is 0.493 e. The third-order valence-corrected chi connectivity index (χ3v) is 2.97. The summed E-state index contributed by atoms with van der Waals surface area (Å²) in [6, 6.07) is 7.32. The zero-order chi connectivity index (χ0) is 17.7. The van der Waals surface area contributed by atoms with Crippen LogP contribution >= 0.6 is 0 Å². The Balaban J connectivity index is 1.89. The lowest BCUT2D eigenvalue weighted by Gasteiger charge is -2.11. The normalized spacial score (nSPS) is 11.2. The van der Waals surface area contributed by atoms with Crippen LogP contribution in [-0.4, -0.2) is 12.5 Å². The molecule has 0 radical (unpaired) electrons. The molecule has 0 saturated carbocycles. The Kier molecular flexibility index (Phi) is 5.38. The fourth-order valence-electron chi connectivity index (χ4n) is 1.84. The summed E-state index contributed by atoms with van der Waals surface area (Å²) in [5.74, 6) is -2.10. The van der Waals surface area contributed by atoms with Gasteiger partial charge in [-0.15, -0.1) is 0 Å². The predicted molar refractivity (Wildman–Crippen MR) is 76.5 cm³/mol. The topological polar surface area (TPSA) is 38.3 Å². The Morgan fingerprint density at radius 2 is 1.71 bits per heavy atom. The first-order valence-corrected chi connectivity index (χ1v) is 6.80. The van der Waals surface area contributed by atoms with Crippen molar-refractivity contribution in [3.63, 3.8) is 0 Å². The zero-order valence-electron chi connectivity index (χ0n) is 12.2. The van der Waals surface area contributed by atoms with E-state index < -0.39 is 29.3 Å². The molecule has 0 spiro atoms. The van der Waals surface area contributed by atoms with Crippen LogP contribution in [0.3, 0.4) is 0 Å². The predicted octanol–water partition coefficient (Wildman–Crippen LogP) is 4.39. The minimum atomic E-state index is -4.85. The van der Waals surface area contributed by atoms with E-state index in [2.05, 4.69) is 5.32 Å². The lowest BCUT2D eigenvalue weighted by atomic mass is 10.1. The molecule has 0 fully saturated rings. The molecule has 2 aromatic carbocycles. The van der Waals surface area contributed by atoms with Crippen LogP contribution in [0, 0.1) is 11.6 Å².